The summed E-state index contributed by atoms with van der Waals surface area (Å²) < 4.78 is 0. The maximum Gasteiger partial charge on any atom is 3.00 e. The standard InChI is InChI=1S/3C2H2O4.10H2O.2Pr/c3*3-1(4)2(5)6;;;;;;;;;;;;/h3*(H,3,4)(H,5,6);10*1H2;;/q;;;;;;;;;;;;;2*+3/p-6. The molecule has 0 atom stereocenters. The van der Waals surface area contributed by atoms with Crippen molar-refractivity contribution in [2.75, 3.05) is 0 Å². The van der Waals surface area contributed by atoms with Crippen LogP contribution in [0.2, 0.25) is 0 Å². The Kier molecular flexibility index (Phi) is 271. The van der Waals surface area contributed by atoms with E-state index in [9.17, 15) is 0 Å². The molecule has 182 valence electrons. The van der Waals surface area contributed by atoms with E-state index in [1.165, 1.54) is 0 Å². The molecule has 0 aromatic rings. The van der Waals surface area contributed by atoms with Crippen LogP contribution in [0.1, 0.15) is 0 Å². The van der Waals surface area contributed by atoms with E-state index in [-0.39, 0.29) is 137 Å². The molecule has 0 aromatic heterocycles. The minimum absolute atomic E-state index is 0. The number of carboxylic acids is 6. The fraction of sp³-hybridized carbons (Fsp3) is 0. The van der Waals surface area contributed by atoms with Gasteiger partial charge in [0, 0.05) is 0 Å². The topological polar surface area (TPSA) is 556 Å². The molecular weight excluding hydrogens is 706 g/mol. The Bertz CT molecular complexity index is 287. The van der Waals surface area contributed by atoms with Gasteiger partial charge in [-0.2, -0.15) is 0 Å². The van der Waals surface area contributed by atoms with Crippen LogP contribution in [0, 0.1) is 82.6 Å². The predicted molar refractivity (Wildman–Crippen MR) is 66.2 cm³/mol. The Labute approximate surface area is 230 Å². The fourth-order valence-corrected chi connectivity index (χ4v) is 0. The van der Waals surface area contributed by atoms with Gasteiger partial charge in [0.2, 0.25) is 0 Å². The average molecular weight is 726 g/mol. The maximum atomic E-state index is 8.93. The Balaban J connectivity index is -0.00000000721. The molecule has 24 heteroatoms. The monoisotopic (exact) mass is 726 g/mol. The molecule has 0 rings (SSSR count). The number of aliphatic carboxylic acids is 6. The summed E-state index contributed by atoms with van der Waals surface area (Å²) in [5, 5.41) is 53.6. The van der Waals surface area contributed by atoms with Crippen molar-refractivity contribution in [1.82, 2.24) is 0 Å². The maximum absolute atomic E-state index is 8.93. The first kappa shape index (κ1) is 115. The summed E-state index contributed by atoms with van der Waals surface area (Å²) in [7, 11) is 0. The van der Waals surface area contributed by atoms with Crippen LogP contribution in [-0.4, -0.2) is 90.6 Å². The molecule has 0 fully saturated rings. The number of carbonyl (C=O) groups excluding carboxylic acids is 6. The molecule has 0 aromatic carbocycles. The van der Waals surface area contributed by atoms with E-state index in [1.807, 2.05) is 0 Å². The molecule has 0 spiro atoms. The number of hydrogen-bond donors (Lipinski definition) is 0. The summed E-state index contributed by atoms with van der Waals surface area (Å²) >= 11 is 0. The smallest absolute Gasteiger partial charge is 0.543 e. The molecule has 0 unspecified atom stereocenters. The average Bonchev–Trinajstić information content (AvgIpc) is 2.18. The molecule has 0 radical (unpaired) electrons. The third-order valence-electron chi connectivity index (χ3n) is 0.500. The van der Waals surface area contributed by atoms with Crippen molar-refractivity contribution in [2.45, 2.75) is 0 Å². The first-order valence-corrected chi connectivity index (χ1v) is 3.20. The third-order valence-corrected chi connectivity index (χ3v) is 0.500. The zero-order valence-electron chi connectivity index (χ0n) is 14.1. The summed E-state index contributed by atoms with van der Waals surface area (Å²) in [6.45, 7) is 0. The zero-order valence-corrected chi connectivity index (χ0v) is 21.5. The van der Waals surface area contributed by atoms with Crippen molar-refractivity contribution in [2.24, 2.45) is 0 Å². The van der Waals surface area contributed by atoms with Crippen molar-refractivity contribution in [3.63, 3.8) is 0 Å². The Morgan fingerprint density at radius 1 is 0.267 bits per heavy atom. The quantitative estimate of drug-likeness (QED) is 0.210. The summed E-state index contributed by atoms with van der Waals surface area (Å²) in [4.78, 5) is 53.6. The van der Waals surface area contributed by atoms with Crippen molar-refractivity contribution in [3.05, 3.63) is 0 Å². The summed E-state index contributed by atoms with van der Waals surface area (Å²) in [5.74, 6) is -13.1. The van der Waals surface area contributed by atoms with E-state index in [1.54, 1.807) is 0 Å². The number of carboxylic acid groups (broad SMARTS) is 6. The van der Waals surface area contributed by atoms with Crippen molar-refractivity contribution >= 4 is 35.8 Å². The summed E-state index contributed by atoms with van der Waals surface area (Å²) in [6, 6.07) is 0. The van der Waals surface area contributed by atoms with Crippen LogP contribution in [0.3, 0.4) is 0 Å². The molecule has 0 amide bonds. The van der Waals surface area contributed by atoms with Crippen LogP contribution >= 0.6 is 0 Å². The Morgan fingerprint density at radius 2 is 0.300 bits per heavy atom. The van der Waals surface area contributed by atoms with Gasteiger partial charge in [-0.05, 0) is 0 Å². The van der Waals surface area contributed by atoms with Gasteiger partial charge in [0.15, 0.2) is 0 Å². The first-order chi connectivity index (χ1) is 7.93. The van der Waals surface area contributed by atoms with Gasteiger partial charge in [0.1, 0.15) is 0 Å². The zero-order chi connectivity index (χ0) is 15.5. The van der Waals surface area contributed by atoms with Crippen LogP contribution in [0.25, 0.3) is 0 Å². The summed E-state index contributed by atoms with van der Waals surface area (Å²) in [5.41, 5.74) is 0. The molecule has 0 aliphatic carbocycles. The molecule has 0 aliphatic heterocycles. The molecule has 30 heavy (non-hydrogen) atoms. The van der Waals surface area contributed by atoms with Gasteiger partial charge >= 0.3 is 82.6 Å². The van der Waals surface area contributed by atoms with Gasteiger partial charge in [-0.3, -0.25) is 0 Å². The number of rotatable bonds is 0. The molecule has 0 saturated heterocycles. The van der Waals surface area contributed by atoms with Crippen molar-refractivity contribution < 1.29 is 197 Å². The second-order valence-corrected chi connectivity index (χ2v) is 1.72. The van der Waals surface area contributed by atoms with Gasteiger partial charge in [-0.15, -0.1) is 0 Å². The summed E-state index contributed by atoms with van der Waals surface area (Å²) in [6.07, 6.45) is 0. The van der Waals surface area contributed by atoms with Crippen LogP contribution in [-0.2, 0) is 28.8 Å². The first-order valence-electron chi connectivity index (χ1n) is 3.20. The van der Waals surface area contributed by atoms with Gasteiger partial charge in [0.05, 0.1) is 35.8 Å². The second kappa shape index (κ2) is 70.6. The van der Waals surface area contributed by atoms with E-state index in [0.29, 0.717) is 0 Å². The molecule has 0 saturated carbocycles. The molecule has 0 heterocycles. The van der Waals surface area contributed by atoms with E-state index < -0.39 is 35.8 Å². The van der Waals surface area contributed by atoms with Crippen LogP contribution in [0.5, 0.6) is 0 Å². The predicted octanol–water partition coefficient (Wildman–Crippen LogP) is -18.8. The number of carbonyl (C=O) groups is 6. The molecule has 20 N–H and O–H groups in total. The van der Waals surface area contributed by atoms with E-state index in [0.717, 1.165) is 0 Å². The second-order valence-electron chi connectivity index (χ2n) is 1.72. The van der Waals surface area contributed by atoms with E-state index >= 15 is 0 Å². The fourth-order valence-electron chi connectivity index (χ4n) is 0. The minimum Gasteiger partial charge on any atom is -0.543 e. The van der Waals surface area contributed by atoms with Crippen LogP contribution in [0.15, 0.2) is 0 Å². The van der Waals surface area contributed by atoms with Gasteiger partial charge in [-0.25, -0.2) is 0 Å². The van der Waals surface area contributed by atoms with Gasteiger partial charge in [0.25, 0.3) is 0 Å². The molecular formula is C6H20O22Pr2. The normalized spacial score (nSPS) is 4.40. The van der Waals surface area contributed by atoms with Gasteiger partial charge < -0.3 is 114 Å². The largest absolute Gasteiger partial charge is 3.00 e. The van der Waals surface area contributed by atoms with Crippen molar-refractivity contribution in [1.29, 1.82) is 0 Å². The van der Waals surface area contributed by atoms with Gasteiger partial charge in [-0.1, -0.05) is 0 Å². The van der Waals surface area contributed by atoms with E-state index in [2.05, 4.69) is 0 Å². The Hall–Kier alpha value is -0.853. The SMILES string of the molecule is O.O.O.O.O.O.O.O.O.O.O=C([O-])C(=O)[O-].O=C([O-])C(=O)[O-].O=C([O-])C(=O)[O-].[Pr+3].[Pr+3]. The molecule has 0 bridgehead atoms. The number of hydrogen-bond acceptors (Lipinski definition) is 12. The third kappa shape index (κ3) is 149. The van der Waals surface area contributed by atoms with E-state index in [4.69, 9.17) is 59.4 Å². The minimum atomic E-state index is -2.19. The van der Waals surface area contributed by atoms with Crippen LogP contribution < -0.4 is 30.6 Å². The van der Waals surface area contributed by atoms with Crippen molar-refractivity contribution in [3.8, 4) is 0 Å². The Morgan fingerprint density at radius 3 is 0.300 bits per heavy atom. The van der Waals surface area contributed by atoms with Crippen LogP contribution in [0.4, 0.5) is 0 Å². The molecule has 0 aliphatic rings. The molecule has 22 nitrogen and oxygen atoms in total.